The smallest absolute Gasteiger partial charge is 0.266 e. The number of aliphatic hydroxyl groups is 1. The molecule has 61 heavy (non-hydrogen) atoms. The molecule has 2 aliphatic heterocycles. The lowest BCUT2D eigenvalue weighted by Gasteiger charge is -2.39. The molecule has 18 nitrogen and oxygen atoms in total. The fraction of sp³-hybridized carbons (Fsp3) is 0.674. The highest BCUT2D eigenvalue weighted by molar-refractivity contribution is 5.99. The minimum absolute atomic E-state index is 0.0270. The number of likely N-dealkylation sites (N-methyl/N-ethyl adjacent to an activating group) is 4. The number of likely N-dealkylation sites (tertiary alicyclic amines) is 1. The second-order valence-corrected chi connectivity index (χ2v) is 17.5. The standard InChI is InChI=1S/C43H69N9O9/c1-26(2)21-32-37(56)46-31(40(59)52-19-15-12-16-20-52)24-35(54)45-28(5)39(58)51(10)34(23-30-17-13-11-14-18-30)41(60)50(9)33(22-27(3)4)38(57)47-43(44,29(6)53)42(61)48(7)25-36(55)49(32)8/h11,13-14,17-18,26-29,31-34,53H,12,15-16,19-25,44H2,1-10H3,(H,45,54)(H,46,56)(H,47,57)/t28-,29-,31+,32?,33+,34?,43+/m1/s1. The molecular formula is C43H69N9O9. The fourth-order valence-corrected chi connectivity index (χ4v) is 7.70. The van der Waals surface area contributed by atoms with Crippen molar-refractivity contribution in [1.82, 2.24) is 40.4 Å². The van der Waals surface area contributed by atoms with Crippen molar-refractivity contribution in [3.05, 3.63) is 35.9 Å². The molecule has 2 heterocycles. The monoisotopic (exact) mass is 856 g/mol. The Morgan fingerprint density at radius 1 is 0.770 bits per heavy atom. The van der Waals surface area contributed by atoms with Crippen LogP contribution in [0.4, 0.5) is 0 Å². The Bertz CT molecular complexity index is 1740. The van der Waals surface area contributed by atoms with Crippen molar-refractivity contribution >= 4 is 47.3 Å². The number of piperidine rings is 1. The van der Waals surface area contributed by atoms with E-state index in [0.717, 1.165) is 29.1 Å². The van der Waals surface area contributed by atoms with E-state index in [-0.39, 0.29) is 31.1 Å². The zero-order valence-corrected chi connectivity index (χ0v) is 37.6. The number of nitrogens with zero attached hydrogens (tertiary/aromatic N) is 5. The van der Waals surface area contributed by atoms with Gasteiger partial charge in [0.15, 0.2) is 5.66 Å². The predicted molar refractivity (Wildman–Crippen MR) is 228 cm³/mol. The highest BCUT2D eigenvalue weighted by atomic mass is 16.3. The molecule has 0 aliphatic carbocycles. The van der Waals surface area contributed by atoms with Gasteiger partial charge in [-0.05, 0) is 63.4 Å². The molecular weight excluding hydrogens is 787 g/mol. The number of carbonyl (C=O) groups is 8. The summed E-state index contributed by atoms with van der Waals surface area (Å²) in [6.45, 7) is 10.2. The summed E-state index contributed by atoms with van der Waals surface area (Å²) in [5, 5.41) is 18.8. The molecule has 0 aromatic heterocycles. The molecule has 6 N–H and O–H groups in total. The van der Waals surface area contributed by atoms with Gasteiger partial charge in [0.05, 0.1) is 19.1 Å². The maximum Gasteiger partial charge on any atom is 0.266 e. The van der Waals surface area contributed by atoms with Crippen LogP contribution in [0.3, 0.4) is 0 Å². The Hall–Kier alpha value is -5.10. The Morgan fingerprint density at radius 3 is 1.85 bits per heavy atom. The van der Waals surface area contributed by atoms with E-state index in [0.29, 0.717) is 18.7 Å². The van der Waals surface area contributed by atoms with Crippen molar-refractivity contribution in [3.8, 4) is 0 Å². The topological polar surface area (TPSA) is 235 Å². The Labute approximate surface area is 360 Å². The zero-order chi connectivity index (χ0) is 45.9. The van der Waals surface area contributed by atoms with Crippen LogP contribution in [0, 0.1) is 11.8 Å². The molecule has 0 bridgehead atoms. The van der Waals surface area contributed by atoms with E-state index in [1.165, 1.54) is 51.8 Å². The molecule has 1 aromatic carbocycles. The van der Waals surface area contributed by atoms with Crippen LogP contribution in [-0.4, -0.2) is 167 Å². The van der Waals surface area contributed by atoms with Crippen molar-refractivity contribution in [2.75, 3.05) is 47.8 Å². The molecule has 0 radical (unpaired) electrons. The van der Waals surface area contributed by atoms with Crippen LogP contribution in [0.25, 0.3) is 0 Å². The highest BCUT2D eigenvalue weighted by Crippen LogP contribution is 2.20. The molecule has 18 heteroatoms. The summed E-state index contributed by atoms with van der Waals surface area (Å²) in [4.78, 5) is 119. The number of amides is 8. The Kier molecular flexibility index (Phi) is 18.2. The third-order valence-corrected chi connectivity index (χ3v) is 11.5. The van der Waals surface area contributed by atoms with Gasteiger partial charge in [0.25, 0.3) is 5.91 Å². The summed E-state index contributed by atoms with van der Waals surface area (Å²) in [5.41, 5.74) is 4.76. The second-order valence-electron chi connectivity index (χ2n) is 17.5. The maximum atomic E-state index is 14.6. The summed E-state index contributed by atoms with van der Waals surface area (Å²) in [7, 11) is 5.46. The van der Waals surface area contributed by atoms with Crippen molar-refractivity contribution < 1.29 is 43.5 Å². The fourth-order valence-electron chi connectivity index (χ4n) is 7.70. The number of hydrogen-bond donors (Lipinski definition) is 5. The number of carbonyl (C=O) groups excluding carboxylic acids is 8. The Balaban J connectivity index is 2.18. The molecule has 3 rings (SSSR count). The van der Waals surface area contributed by atoms with Gasteiger partial charge in [0.2, 0.25) is 41.4 Å². The molecule has 2 unspecified atom stereocenters. The molecule has 1 aromatic rings. The van der Waals surface area contributed by atoms with Crippen molar-refractivity contribution in [1.29, 1.82) is 0 Å². The van der Waals surface area contributed by atoms with Gasteiger partial charge in [-0.2, -0.15) is 0 Å². The average molecular weight is 856 g/mol. The molecule has 2 fully saturated rings. The first-order valence-electron chi connectivity index (χ1n) is 21.3. The second kappa shape index (κ2) is 22.1. The third kappa shape index (κ3) is 13.2. The highest BCUT2D eigenvalue weighted by Gasteiger charge is 2.46. The number of benzene rings is 1. The van der Waals surface area contributed by atoms with E-state index in [9.17, 15) is 43.5 Å². The number of aliphatic hydroxyl groups excluding tert-OH is 1. The first-order chi connectivity index (χ1) is 28.5. The van der Waals surface area contributed by atoms with E-state index < -0.39 is 102 Å². The van der Waals surface area contributed by atoms with Gasteiger partial charge in [0, 0.05) is 47.7 Å². The minimum Gasteiger partial charge on any atom is -0.389 e. The maximum absolute atomic E-state index is 14.6. The quantitative estimate of drug-likeness (QED) is 0.231. The van der Waals surface area contributed by atoms with E-state index in [1.807, 2.05) is 27.7 Å². The van der Waals surface area contributed by atoms with Crippen LogP contribution >= 0.6 is 0 Å². The van der Waals surface area contributed by atoms with E-state index in [1.54, 1.807) is 35.2 Å². The number of nitrogens with two attached hydrogens (primary N) is 1. The van der Waals surface area contributed by atoms with Crippen LogP contribution in [0.15, 0.2) is 30.3 Å². The largest absolute Gasteiger partial charge is 0.389 e. The summed E-state index contributed by atoms with van der Waals surface area (Å²) >= 11 is 0. The van der Waals surface area contributed by atoms with Crippen molar-refractivity contribution in [2.24, 2.45) is 17.6 Å². The SMILES string of the molecule is CC(C)CC1C(=O)N[C@H](C(=O)N2CCCCC2)CC(=O)N[C@H](C)C(=O)N(C)C(Cc2ccccc2)C(=O)N(C)[C@@H](CC(C)C)C(=O)N[C@@](N)([C@@H](C)O)C(=O)N(C)CC(=O)N1C. The van der Waals surface area contributed by atoms with Gasteiger partial charge in [-0.15, -0.1) is 0 Å². The Morgan fingerprint density at radius 2 is 1.31 bits per heavy atom. The van der Waals surface area contributed by atoms with Crippen LogP contribution in [-0.2, 0) is 44.8 Å². The van der Waals surface area contributed by atoms with Gasteiger partial charge in [-0.3, -0.25) is 44.1 Å². The molecule has 0 saturated carbocycles. The lowest BCUT2D eigenvalue weighted by Crippen LogP contribution is -2.73. The van der Waals surface area contributed by atoms with Gasteiger partial charge < -0.3 is 45.6 Å². The van der Waals surface area contributed by atoms with E-state index in [2.05, 4.69) is 16.0 Å². The summed E-state index contributed by atoms with van der Waals surface area (Å²) in [5.74, 6) is -6.06. The number of rotatable bonds is 8. The van der Waals surface area contributed by atoms with E-state index >= 15 is 0 Å². The zero-order valence-electron chi connectivity index (χ0n) is 37.6. The molecule has 2 aliphatic rings. The number of hydrogen-bond acceptors (Lipinski definition) is 10. The van der Waals surface area contributed by atoms with Crippen LogP contribution in [0.1, 0.15) is 85.6 Å². The van der Waals surface area contributed by atoms with Gasteiger partial charge in [-0.1, -0.05) is 58.0 Å². The van der Waals surface area contributed by atoms with Crippen LogP contribution < -0.4 is 21.7 Å². The summed E-state index contributed by atoms with van der Waals surface area (Å²) < 4.78 is 0. The predicted octanol–water partition coefficient (Wildman–Crippen LogP) is -0.182. The van der Waals surface area contributed by atoms with Gasteiger partial charge in [0.1, 0.15) is 30.2 Å². The first-order valence-corrected chi connectivity index (χ1v) is 21.3. The molecule has 0 spiro atoms. The van der Waals surface area contributed by atoms with E-state index in [4.69, 9.17) is 5.73 Å². The van der Waals surface area contributed by atoms with Crippen LogP contribution in [0.2, 0.25) is 0 Å². The average Bonchev–Trinajstić information content (AvgIpc) is 3.21. The van der Waals surface area contributed by atoms with Gasteiger partial charge in [-0.25, -0.2) is 0 Å². The number of nitrogens with one attached hydrogen (secondary N) is 3. The minimum atomic E-state index is -2.47. The molecule has 2 saturated heterocycles. The molecule has 7 atom stereocenters. The lowest BCUT2D eigenvalue weighted by atomic mass is 9.97. The van der Waals surface area contributed by atoms with Crippen molar-refractivity contribution in [2.45, 2.75) is 128 Å². The summed E-state index contributed by atoms with van der Waals surface area (Å²) in [6, 6.07) is 2.79. The van der Waals surface area contributed by atoms with Gasteiger partial charge >= 0.3 is 0 Å². The lowest BCUT2D eigenvalue weighted by molar-refractivity contribution is -0.153. The first kappa shape index (κ1) is 50.3. The molecule has 8 amide bonds. The molecule has 340 valence electrons. The third-order valence-electron chi connectivity index (χ3n) is 11.5. The van der Waals surface area contributed by atoms with Crippen molar-refractivity contribution in [3.63, 3.8) is 0 Å². The van der Waals surface area contributed by atoms with Crippen LogP contribution in [0.5, 0.6) is 0 Å². The summed E-state index contributed by atoms with van der Waals surface area (Å²) in [6.07, 6.45) is 0.472. The normalized spacial score (nSPS) is 27.1.